The summed E-state index contributed by atoms with van der Waals surface area (Å²) in [6.45, 7) is 2.64. The van der Waals surface area contributed by atoms with Crippen LogP contribution in [0.4, 0.5) is 11.8 Å². The molecule has 18 heavy (non-hydrogen) atoms. The van der Waals surface area contributed by atoms with E-state index in [0.717, 1.165) is 10.2 Å². The first-order valence-corrected chi connectivity index (χ1v) is 6.49. The zero-order valence-electron chi connectivity index (χ0n) is 9.97. The van der Waals surface area contributed by atoms with Gasteiger partial charge in [0, 0.05) is 6.54 Å². The molecule has 0 saturated heterocycles. The minimum Gasteiger partial charge on any atom is -0.466 e. The highest BCUT2D eigenvalue weighted by Gasteiger charge is 2.08. The van der Waals surface area contributed by atoms with Gasteiger partial charge in [-0.25, -0.2) is 4.98 Å². The van der Waals surface area contributed by atoms with Crippen LogP contribution in [0.25, 0.3) is 10.2 Å². The monoisotopic (exact) mass is 266 g/mol. The molecule has 2 rings (SSSR count). The van der Waals surface area contributed by atoms with Crippen LogP contribution >= 0.6 is 11.3 Å². The van der Waals surface area contributed by atoms with Gasteiger partial charge in [0.1, 0.15) is 10.6 Å². The van der Waals surface area contributed by atoms with Gasteiger partial charge in [-0.05, 0) is 18.4 Å². The normalized spacial score (nSPS) is 10.5. The topological polar surface area (TPSA) is 90.1 Å². The fraction of sp³-hybridized carbons (Fsp3) is 0.364. The van der Waals surface area contributed by atoms with E-state index in [0.29, 0.717) is 25.4 Å². The minimum absolute atomic E-state index is 0.226. The van der Waals surface area contributed by atoms with Crippen LogP contribution in [0.2, 0.25) is 0 Å². The average Bonchev–Trinajstić information content (AvgIpc) is 2.77. The van der Waals surface area contributed by atoms with E-state index in [1.165, 1.54) is 11.3 Å². The van der Waals surface area contributed by atoms with E-state index in [4.69, 9.17) is 10.5 Å². The van der Waals surface area contributed by atoms with Crippen LogP contribution in [-0.2, 0) is 9.53 Å². The molecule has 0 atom stereocenters. The van der Waals surface area contributed by atoms with Gasteiger partial charge in [0.25, 0.3) is 0 Å². The van der Waals surface area contributed by atoms with Crippen molar-refractivity contribution in [3.05, 3.63) is 11.4 Å². The van der Waals surface area contributed by atoms with Gasteiger partial charge in [-0.1, -0.05) is 0 Å². The van der Waals surface area contributed by atoms with Crippen molar-refractivity contribution in [2.24, 2.45) is 0 Å². The number of ether oxygens (including phenoxy) is 1. The fourth-order valence-corrected chi connectivity index (χ4v) is 2.29. The van der Waals surface area contributed by atoms with Crippen molar-refractivity contribution in [2.75, 3.05) is 24.2 Å². The largest absolute Gasteiger partial charge is 0.466 e. The van der Waals surface area contributed by atoms with Gasteiger partial charge in [0.15, 0.2) is 0 Å². The number of carbonyl (C=O) groups excluding carboxylic acids is 1. The van der Waals surface area contributed by atoms with Crippen molar-refractivity contribution in [1.82, 2.24) is 9.97 Å². The molecular formula is C11H14N4O2S. The summed E-state index contributed by atoms with van der Waals surface area (Å²) in [4.78, 5) is 20.3. The molecule has 0 aliphatic carbocycles. The highest BCUT2D eigenvalue weighted by atomic mass is 32.1. The van der Waals surface area contributed by atoms with Gasteiger partial charge in [-0.2, -0.15) is 4.98 Å². The number of nitrogens with one attached hydrogen (secondary N) is 1. The minimum atomic E-state index is -0.228. The first kappa shape index (κ1) is 12.6. The molecule has 0 saturated carbocycles. The molecule has 0 spiro atoms. The molecule has 7 heteroatoms. The predicted molar refractivity (Wildman–Crippen MR) is 71.6 cm³/mol. The number of nitrogens with zero attached hydrogens (tertiary/aromatic N) is 2. The Labute approximate surface area is 108 Å². The number of nitrogens with two attached hydrogens (primary N) is 1. The number of aromatic nitrogens is 2. The number of nitrogen functional groups attached to an aromatic ring is 1. The molecule has 6 nitrogen and oxygen atoms in total. The molecule has 96 valence electrons. The van der Waals surface area contributed by atoms with Crippen molar-refractivity contribution in [2.45, 2.75) is 13.3 Å². The standard InChI is InChI=1S/C11H14N4O2S/c1-2-17-8(16)3-5-13-9-7-4-6-18-10(7)15-11(12)14-9/h4,6H,2-3,5H2,1H3,(H3,12,13,14,15). The molecule has 2 heterocycles. The highest BCUT2D eigenvalue weighted by molar-refractivity contribution is 7.16. The summed E-state index contributed by atoms with van der Waals surface area (Å²) in [5, 5.41) is 5.92. The number of carbonyl (C=O) groups is 1. The lowest BCUT2D eigenvalue weighted by atomic mass is 10.3. The molecule has 2 aromatic heterocycles. The molecule has 0 aliphatic rings. The van der Waals surface area contributed by atoms with Crippen molar-refractivity contribution in [1.29, 1.82) is 0 Å². The van der Waals surface area contributed by atoms with E-state index in [-0.39, 0.29) is 11.9 Å². The third-order valence-corrected chi connectivity index (χ3v) is 3.08. The Morgan fingerprint density at radius 3 is 3.17 bits per heavy atom. The molecule has 2 aromatic rings. The molecule has 0 bridgehead atoms. The smallest absolute Gasteiger partial charge is 0.307 e. The molecular weight excluding hydrogens is 252 g/mol. The van der Waals surface area contributed by atoms with Crippen LogP contribution in [0, 0.1) is 0 Å². The van der Waals surface area contributed by atoms with Gasteiger partial charge in [-0.3, -0.25) is 4.79 Å². The van der Waals surface area contributed by atoms with Crippen LogP contribution in [0.5, 0.6) is 0 Å². The van der Waals surface area contributed by atoms with Gasteiger partial charge < -0.3 is 15.8 Å². The zero-order chi connectivity index (χ0) is 13.0. The van der Waals surface area contributed by atoms with E-state index in [2.05, 4.69) is 15.3 Å². The fourth-order valence-electron chi connectivity index (χ4n) is 1.52. The molecule has 0 radical (unpaired) electrons. The Morgan fingerprint density at radius 1 is 1.56 bits per heavy atom. The lowest BCUT2D eigenvalue weighted by molar-refractivity contribution is -0.142. The summed E-state index contributed by atoms with van der Waals surface area (Å²) < 4.78 is 4.84. The Balaban J connectivity index is 2.03. The van der Waals surface area contributed by atoms with Crippen molar-refractivity contribution in [3.8, 4) is 0 Å². The molecule has 3 N–H and O–H groups in total. The second kappa shape index (κ2) is 5.63. The van der Waals surface area contributed by atoms with Crippen LogP contribution in [0.1, 0.15) is 13.3 Å². The van der Waals surface area contributed by atoms with E-state index < -0.39 is 0 Å². The summed E-state index contributed by atoms with van der Waals surface area (Å²) in [5.41, 5.74) is 5.62. The van der Waals surface area contributed by atoms with Crippen molar-refractivity contribution >= 4 is 39.3 Å². The van der Waals surface area contributed by atoms with Crippen molar-refractivity contribution in [3.63, 3.8) is 0 Å². The summed E-state index contributed by atoms with van der Waals surface area (Å²) >= 11 is 1.50. The number of hydrogen-bond donors (Lipinski definition) is 2. The molecule has 0 aliphatic heterocycles. The summed E-state index contributed by atoms with van der Waals surface area (Å²) in [6, 6.07) is 1.92. The second-order valence-electron chi connectivity index (χ2n) is 3.55. The zero-order valence-corrected chi connectivity index (χ0v) is 10.8. The van der Waals surface area contributed by atoms with Crippen molar-refractivity contribution < 1.29 is 9.53 Å². The predicted octanol–water partition coefficient (Wildman–Crippen LogP) is 1.64. The Morgan fingerprint density at radius 2 is 2.39 bits per heavy atom. The van der Waals surface area contributed by atoms with E-state index >= 15 is 0 Å². The third-order valence-electron chi connectivity index (χ3n) is 2.27. The number of rotatable bonds is 5. The number of hydrogen-bond acceptors (Lipinski definition) is 7. The quantitative estimate of drug-likeness (QED) is 0.799. The van der Waals surface area contributed by atoms with Gasteiger partial charge in [0.05, 0.1) is 18.4 Å². The van der Waals surface area contributed by atoms with Gasteiger partial charge in [0.2, 0.25) is 5.95 Å². The molecule has 0 unspecified atom stereocenters. The summed E-state index contributed by atoms with van der Waals surface area (Å²) in [7, 11) is 0. The first-order valence-electron chi connectivity index (χ1n) is 5.61. The Kier molecular flexibility index (Phi) is 3.93. The van der Waals surface area contributed by atoms with Crippen LogP contribution in [0.15, 0.2) is 11.4 Å². The third kappa shape index (κ3) is 2.86. The maximum atomic E-state index is 11.2. The van der Waals surface area contributed by atoms with Crippen LogP contribution in [-0.4, -0.2) is 29.1 Å². The first-order chi connectivity index (χ1) is 8.70. The van der Waals surface area contributed by atoms with E-state index in [1.54, 1.807) is 6.92 Å². The maximum Gasteiger partial charge on any atom is 0.307 e. The SMILES string of the molecule is CCOC(=O)CCNc1nc(N)nc2sccc12. The second-order valence-corrected chi connectivity index (χ2v) is 4.45. The number of thiophene rings is 1. The molecule has 0 amide bonds. The Bertz CT molecular complexity index is 555. The highest BCUT2D eigenvalue weighted by Crippen LogP contribution is 2.25. The van der Waals surface area contributed by atoms with Crippen LogP contribution < -0.4 is 11.1 Å². The molecule has 0 aromatic carbocycles. The summed E-state index contributed by atoms with van der Waals surface area (Å²) in [6.07, 6.45) is 0.295. The van der Waals surface area contributed by atoms with Gasteiger partial charge >= 0.3 is 5.97 Å². The Hall–Kier alpha value is -1.89. The maximum absolute atomic E-state index is 11.2. The summed E-state index contributed by atoms with van der Waals surface area (Å²) in [5.74, 6) is 0.653. The lowest BCUT2D eigenvalue weighted by Crippen LogP contribution is -2.12. The van der Waals surface area contributed by atoms with E-state index in [9.17, 15) is 4.79 Å². The molecule has 0 fully saturated rings. The lowest BCUT2D eigenvalue weighted by Gasteiger charge is -2.07. The van der Waals surface area contributed by atoms with Gasteiger partial charge in [-0.15, -0.1) is 11.3 Å². The number of esters is 1. The number of fused-ring (bicyclic) bond motifs is 1. The average molecular weight is 266 g/mol. The van der Waals surface area contributed by atoms with Crippen LogP contribution in [0.3, 0.4) is 0 Å². The number of anilines is 2. The van der Waals surface area contributed by atoms with E-state index in [1.807, 2.05) is 11.4 Å².